The van der Waals surface area contributed by atoms with Crippen molar-refractivity contribution in [1.82, 2.24) is 5.32 Å². The van der Waals surface area contributed by atoms with E-state index in [-0.39, 0.29) is 11.9 Å². The predicted octanol–water partition coefficient (Wildman–Crippen LogP) is 4.53. The van der Waals surface area contributed by atoms with E-state index in [2.05, 4.69) is 10.6 Å². The van der Waals surface area contributed by atoms with Crippen molar-refractivity contribution in [2.75, 3.05) is 5.32 Å². The maximum atomic E-state index is 12.9. The average molecular weight is 309 g/mol. The number of para-hydroxylation sites is 1. The summed E-state index contributed by atoms with van der Waals surface area (Å²) in [6.45, 7) is 1.95. The molecule has 1 unspecified atom stereocenters. The summed E-state index contributed by atoms with van der Waals surface area (Å²) in [5, 5.41) is 7.24. The number of nitrogens with one attached hydrogen (secondary N) is 2. The standard InChI is InChI=1S/C15H14ClFN2S/c1-10(11-6-8-12(17)9-7-11)18-15(20)19-14-5-3-2-4-13(14)16/h2-10H,1H3,(H2,18,19,20). The quantitative estimate of drug-likeness (QED) is 0.815. The van der Waals surface area contributed by atoms with Crippen LogP contribution < -0.4 is 10.6 Å². The Morgan fingerprint density at radius 3 is 2.45 bits per heavy atom. The van der Waals surface area contributed by atoms with Crippen LogP contribution >= 0.6 is 23.8 Å². The molecule has 0 fully saturated rings. The molecule has 0 saturated carbocycles. The second-order valence-corrected chi connectivity index (χ2v) is 5.17. The van der Waals surface area contributed by atoms with Crippen LogP contribution in [0.25, 0.3) is 0 Å². The molecule has 20 heavy (non-hydrogen) atoms. The maximum absolute atomic E-state index is 12.9. The number of thiocarbonyl (C=S) groups is 1. The zero-order valence-corrected chi connectivity index (χ0v) is 12.4. The Morgan fingerprint density at radius 2 is 1.80 bits per heavy atom. The van der Waals surface area contributed by atoms with E-state index in [1.165, 1.54) is 12.1 Å². The third-order valence-corrected chi connectivity index (χ3v) is 3.39. The molecule has 2 aromatic carbocycles. The van der Waals surface area contributed by atoms with E-state index in [0.29, 0.717) is 10.1 Å². The molecule has 0 aliphatic rings. The molecule has 0 aliphatic heterocycles. The van der Waals surface area contributed by atoms with E-state index < -0.39 is 0 Å². The Kier molecular flexibility index (Phi) is 4.93. The first-order valence-electron chi connectivity index (χ1n) is 6.14. The summed E-state index contributed by atoms with van der Waals surface area (Å²) >= 11 is 11.3. The summed E-state index contributed by atoms with van der Waals surface area (Å²) in [5.41, 5.74) is 1.70. The van der Waals surface area contributed by atoms with Gasteiger partial charge in [-0.15, -0.1) is 0 Å². The minimum absolute atomic E-state index is 0.0295. The largest absolute Gasteiger partial charge is 0.356 e. The first kappa shape index (κ1) is 14.8. The highest BCUT2D eigenvalue weighted by Gasteiger charge is 2.08. The van der Waals surface area contributed by atoms with Gasteiger partial charge in [0.15, 0.2) is 5.11 Å². The van der Waals surface area contributed by atoms with Crippen molar-refractivity contribution in [2.24, 2.45) is 0 Å². The fourth-order valence-corrected chi connectivity index (χ4v) is 2.22. The Morgan fingerprint density at radius 1 is 1.15 bits per heavy atom. The van der Waals surface area contributed by atoms with Gasteiger partial charge in [0.05, 0.1) is 16.8 Å². The molecule has 0 heterocycles. The molecule has 0 saturated heterocycles. The summed E-state index contributed by atoms with van der Waals surface area (Å²) < 4.78 is 12.9. The second-order valence-electron chi connectivity index (χ2n) is 4.35. The van der Waals surface area contributed by atoms with Gasteiger partial charge in [-0.05, 0) is 49.0 Å². The zero-order valence-electron chi connectivity index (χ0n) is 10.9. The van der Waals surface area contributed by atoms with Gasteiger partial charge in [-0.1, -0.05) is 35.9 Å². The second kappa shape index (κ2) is 6.68. The number of anilines is 1. The fourth-order valence-electron chi connectivity index (χ4n) is 1.75. The molecular formula is C15H14ClFN2S. The smallest absolute Gasteiger partial charge is 0.171 e. The van der Waals surface area contributed by atoms with Crippen LogP contribution in [-0.4, -0.2) is 5.11 Å². The van der Waals surface area contributed by atoms with Crippen molar-refractivity contribution in [3.8, 4) is 0 Å². The summed E-state index contributed by atoms with van der Waals surface area (Å²) in [7, 11) is 0. The maximum Gasteiger partial charge on any atom is 0.171 e. The highest BCUT2D eigenvalue weighted by Crippen LogP contribution is 2.20. The van der Waals surface area contributed by atoms with Crippen molar-refractivity contribution in [1.29, 1.82) is 0 Å². The Balaban J connectivity index is 1.98. The lowest BCUT2D eigenvalue weighted by Gasteiger charge is -2.17. The van der Waals surface area contributed by atoms with E-state index in [1.54, 1.807) is 18.2 Å². The third-order valence-electron chi connectivity index (χ3n) is 2.84. The SMILES string of the molecule is CC(NC(=S)Nc1ccccc1Cl)c1ccc(F)cc1. The van der Waals surface area contributed by atoms with Gasteiger partial charge in [-0.25, -0.2) is 4.39 Å². The number of hydrogen-bond acceptors (Lipinski definition) is 1. The van der Waals surface area contributed by atoms with E-state index >= 15 is 0 Å². The van der Waals surface area contributed by atoms with Gasteiger partial charge in [0.1, 0.15) is 5.82 Å². The number of hydrogen-bond donors (Lipinski definition) is 2. The van der Waals surface area contributed by atoms with E-state index in [0.717, 1.165) is 11.3 Å². The van der Waals surface area contributed by atoms with Crippen molar-refractivity contribution in [3.63, 3.8) is 0 Å². The molecule has 2 nitrogen and oxygen atoms in total. The molecule has 0 bridgehead atoms. The molecule has 0 radical (unpaired) electrons. The highest BCUT2D eigenvalue weighted by molar-refractivity contribution is 7.80. The third kappa shape index (κ3) is 3.92. The molecular weight excluding hydrogens is 295 g/mol. The van der Waals surface area contributed by atoms with Gasteiger partial charge in [0, 0.05) is 0 Å². The van der Waals surface area contributed by atoms with Gasteiger partial charge in [0.25, 0.3) is 0 Å². The first-order chi connectivity index (χ1) is 9.56. The zero-order chi connectivity index (χ0) is 14.5. The summed E-state index contributed by atoms with van der Waals surface area (Å²) in [4.78, 5) is 0. The van der Waals surface area contributed by atoms with Gasteiger partial charge in [-0.2, -0.15) is 0 Å². The first-order valence-corrected chi connectivity index (χ1v) is 6.92. The van der Waals surface area contributed by atoms with Crippen LogP contribution in [0.1, 0.15) is 18.5 Å². The molecule has 0 spiro atoms. The minimum Gasteiger partial charge on any atom is -0.356 e. The molecule has 1 atom stereocenters. The molecule has 2 N–H and O–H groups in total. The lowest BCUT2D eigenvalue weighted by molar-refractivity contribution is 0.624. The van der Waals surface area contributed by atoms with E-state index in [1.807, 2.05) is 25.1 Å². The molecule has 0 aliphatic carbocycles. The van der Waals surface area contributed by atoms with Gasteiger partial charge >= 0.3 is 0 Å². The van der Waals surface area contributed by atoms with Gasteiger partial charge < -0.3 is 10.6 Å². The van der Waals surface area contributed by atoms with Crippen molar-refractivity contribution in [3.05, 3.63) is 64.9 Å². The Hall–Kier alpha value is -1.65. The van der Waals surface area contributed by atoms with Crippen LogP contribution in [0.4, 0.5) is 10.1 Å². The van der Waals surface area contributed by atoms with Gasteiger partial charge in [-0.3, -0.25) is 0 Å². The number of rotatable bonds is 3. The van der Waals surface area contributed by atoms with Crippen molar-refractivity contribution < 1.29 is 4.39 Å². The predicted molar refractivity (Wildman–Crippen MR) is 85.6 cm³/mol. The summed E-state index contributed by atoms with van der Waals surface area (Å²) in [5.74, 6) is -0.252. The van der Waals surface area contributed by atoms with Crippen LogP contribution in [0, 0.1) is 5.82 Å². The monoisotopic (exact) mass is 308 g/mol. The van der Waals surface area contributed by atoms with Crippen LogP contribution in [0.15, 0.2) is 48.5 Å². The number of benzene rings is 2. The van der Waals surface area contributed by atoms with Crippen LogP contribution in [-0.2, 0) is 0 Å². The number of halogens is 2. The fraction of sp³-hybridized carbons (Fsp3) is 0.133. The van der Waals surface area contributed by atoms with Crippen LogP contribution in [0.5, 0.6) is 0 Å². The minimum atomic E-state index is -0.252. The molecule has 5 heteroatoms. The normalized spacial score (nSPS) is 11.8. The van der Waals surface area contributed by atoms with Crippen molar-refractivity contribution >= 4 is 34.6 Å². The molecule has 2 aromatic rings. The van der Waals surface area contributed by atoms with Crippen molar-refractivity contribution in [2.45, 2.75) is 13.0 Å². The van der Waals surface area contributed by atoms with Crippen LogP contribution in [0.2, 0.25) is 5.02 Å². The molecule has 104 valence electrons. The summed E-state index contributed by atoms with van der Waals surface area (Å²) in [6, 6.07) is 13.6. The Labute approximate surface area is 128 Å². The van der Waals surface area contributed by atoms with Gasteiger partial charge in [0.2, 0.25) is 0 Å². The Bertz CT molecular complexity index is 601. The van der Waals surface area contributed by atoms with E-state index in [9.17, 15) is 4.39 Å². The lowest BCUT2D eigenvalue weighted by Crippen LogP contribution is -2.30. The molecule has 0 aromatic heterocycles. The van der Waals surface area contributed by atoms with E-state index in [4.69, 9.17) is 23.8 Å². The highest BCUT2D eigenvalue weighted by atomic mass is 35.5. The van der Waals surface area contributed by atoms with Crippen LogP contribution in [0.3, 0.4) is 0 Å². The average Bonchev–Trinajstić information content (AvgIpc) is 2.42. The lowest BCUT2D eigenvalue weighted by atomic mass is 10.1. The summed E-state index contributed by atoms with van der Waals surface area (Å²) in [6.07, 6.45) is 0. The molecule has 0 amide bonds. The molecule has 2 rings (SSSR count). The topological polar surface area (TPSA) is 24.1 Å².